The molecule has 1 heterocycles. The highest BCUT2D eigenvalue weighted by molar-refractivity contribution is 9.10. The SMILES string of the molecule is CCC(=O)Nc1c[nH]c2ccc(Br)cc12. The second-order valence-corrected chi connectivity index (χ2v) is 4.21. The molecule has 0 aliphatic rings. The standard InChI is InChI=1S/C11H11BrN2O/c1-2-11(15)14-10-6-13-9-4-3-7(12)5-8(9)10/h3-6,13H,2H2,1H3,(H,14,15). The average Bonchev–Trinajstić information content (AvgIpc) is 2.61. The van der Waals surface area contributed by atoms with Crippen LogP contribution in [0.15, 0.2) is 28.9 Å². The maximum absolute atomic E-state index is 11.3. The number of carbonyl (C=O) groups is 1. The molecule has 1 amide bonds. The zero-order valence-corrected chi connectivity index (χ0v) is 9.89. The van der Waals surface area contributed by atoms with E-state index in [1.807, 2.05) is 31.3 Å². The molecule has 0 saturated carbocycles. The number of aromatic nitrogens is 1. The number of rotatable bonds is 2. The van der Waals surface area contributed by atoms with Crippen molar-refractivity contribution >= 4 is 38.4 Å². The molecule has 0 spiro atoms. The number of halogens is 1. The molecule has 0 atom stereocenters. The summed E-state index contributed by atoms with van der Waals surface area (Å²) in [5, 5.41) is 3.87. The van der Waals surface area contributed by atoms with Crippen molar-refractivity contribution in [3.05, 3.63) is 28.9 Å². The molecule has 0 radical (unpaired) electrons. The van der Waals surface area contributed by atoms with Crippen molar-refractivity contribution in [1.29, 1.82) is 0 Å². The van der Waals surface area contributed by atoms with Gasteiger partial charge in [0, 0.05) is 28.0 Å². The van der Waals surface area contributed by atoms with E-state index < -0.39 is 0 Å². The van der Waals surface area contributed by atoms with E-state index in [-0.39, 0.29) is 5.91 Å². The minimum atomic E-state index is 0.0240. The van der Waals surface area contributed by atoms with Crippen LogP contribution in [0, 0.1) is 0 Å². The average molecular weight is 267 g/mol. The first-order valence-corrected chi connectivity index (χ1v) is 5.56. The van der Waals surface area contributed by atoms with Gasteiger partial charge in [-0.25, -0.2) is 0 Å². The van der Waals surface area contributed by atoms with Gasteiger partial charge >= 0.3 is 0 Å². The monoisotopic (exact) mass is 266 g/mol. The Kier molecular flexibility index (Phi) is 2.77. The van der Waals surface area contributed by atoms with Gasteiger partial charge in [-0.15, -0.1) is 0 Å². The molecule has 1 aromatic heterocycles. The molecule has 0 bridgehead atoms. The summed E-state index contributed by atoms with van der Waals surface area (Å²) in [5.41, 5.74) is 1.85. The van der Waals surface area contributed by atoms with E-state index in [1.54, 1.807) is 0 Å². The first-order valence-electron chi connectivity index (χ1n) is 4.77. The van der Waals surface area contributed by atoms with Crippen molar-refractivity contribution in [2.75, 3.05) is 5.32 Å². The minimum absolute atomic E-state index is 0.0240. The van der Waals surface area contributed by atoms with Gasteiger partial charge in [0.2, 0.25) is 5.91 Å². The Morgan fingerprint density at radius 1 is 1.53 bits per heavy atom. The first-order chi connectivity index (χ1) is 7.20. The van der Waals surface area contributed by atoms with Crippen molar-refractivity contribution in [2.45, 2.75) is 13.3 Å². The third-order valence-electron chi connectivity index (χ3n) is 2.24. The Morgan fingerprint density at radius 2 is 2.33 bits per heavy atom. The van der Waals surface area contributed by atoms with Gasteiger partial charge in [-0.1, -0.05) is 22.9 Å². The van der Waals surface area contributed by atoms with Crippen LogP contribution in [0.5, 0.6) is 0 Å². The van der Waals surface area contributed by atoms with E-state index in [2.05, 4.69) is 26.2 Å². The molecule has 2 rings (SSSR count). The summed E-state index contributed by atoms with van der Waals surface area (Å²) in [6.07, 6.45) is 2.30. The fourth-order valence-corrected chi connectivity index (χ4v) is 1.80. The molecule has 0 saturated heterocycles. The van der Waals surface area contributed by atoms with Crippen LogP contribution in [-0.4, -0.2) is 10.9 Å². The summed E-state index contributed by atoms with van der Waals surface area (Å²) in [6, 6.07) is 5.92. The maximum Gasteiger partial charge on any atom is 0.224 e. The number of fused-ring (bicyclic) bond motifs is 1. The van der Waals surface area contributed by atoms with Gasteiger partial charge in [0.15, 0.2) is 0 Å². The fourth-order valence-electron chi connectivity index (χ4n) is 1.43. The lowest BCUT2D eigenvalue weighted by atomic mass is 10.2. The molecule has 78 valence electrons. The minimum Gasteiger partial charge on any atom is -0.359 e. The van der Waals surface area contributed by atoms with E-state index in [9.17, 15) is 4.79 Å². The van der Waals surface area contributed by atoms with Crippen molar-refractivity contribution in [3.8, 4) is 0 Å². The zero-order chi connectivity index (χ0) is 10.8. The molecule has 0 fully saturated rings. The van der Waals surface area contributed by atoms with Crippen molar-refractivity contribution in [1.82, 2.24) is 4.98 Å². The van der Waals surface area contributed by atoms with Crippen LogP contribution >= 0.6 is 15.9 Å². The fraction of sp³-hybridized carbons (Fsp3) is 0.182. The number of nitrogens with one attached hydrogen (secondary N) is 2. The summed E-state index contributed by atoms with van der Waals surface area (Å²) >= 11 is 3.41. The summed E-state index contributed by atoms with van der Waals surface area (Å²) < 4.78 is 1.00. The smallest absolute Gasteiger partial charge is 0.224 e. The Labute approximate surface area is 96.0 Å². The third kappa shape index (κ3) is 2.04. The van der Waals surface area contributed by atoms with Crippen LogP contribution in [-0.2, 0) is 4.79 Å². The molecule has 3 nitrogen and oxygen atoms in total. The lowest BCUT2D eigenvalue weighted by molar-refractivity contribution is -0.115. The Morgan fingerprint density at radius 3 is 3.07 bits per heavy atom. The largest absolute Gasteiger partial charge is 0.359 e. The van der Waals surface area contributed by atoms with Crippen LogP contribution < -0.4 is 5.32 Å². The number of hydrogen-bond donors (Lipinski definition) is 2. The molecule has 2 N–H and O–H groups in total. The topological polar surface area (TPSA) is 44.9 Å². The van der Waals surface area contributed by atoms with Crippen LogP contribution in [0.2, 0.25) is 0 Å². The van der Waals surface area contributed by atoms with Gasteiger partial charge in [-0.2, -0.15) is 0 Å². The third-order valence-corrected chi connectivity index (χ3v) is 2.73. The van der Waals surface area contributed by atoms with Gasteiger partial charge in [0.05, 0.1) is 5.69 Å². The van der Waals surface area contributed by atoms with Crippen molar-refractivity contribution in [3.63, 3.8) is 0 Å². The summed E-state index contributed by atoms with van der Waals surface area (Å²) in [6.45, 7) is 1.83. The predicted octanol–water partition coefficient (Wildman–Crippen LogP) is 3.28. The first kappa shape index (κ1) is 10.2. The van der Waals surface area contributed by atoms with Crippen LogP contribution in [0.4, 0.5) is 5.69 Å². The highest BCUT2D eigenvalue weighted by atomic mass is 79.9. The molecule has 0 aliphatic carbocycles. The lowest BCUT2D eigenvalue weighted by Gasteiger charge is -2.01. The molecule has 0 unspecified atom stereocenters. The normalized spacial score (nSPS) is 10.5. The predicted molar refractivity (Wildman–Crippen MR) is 64.9 cm³/mol. The summed E-state index contributed by atoms with van der Waals surface area (Å²) in [4.78, 5) is 14.4. The lowest BCUT2D eigenvalue weighted by Crippen LogP contribution is -2.08. The number of anilines is 1. The van der Waals surface area contributed by atoms with E-state index in [0.29, 0.717) is 6.42 Å². The highest BCUT2D eigenvalue weighted by Gasteiger charge is 2.06. The zero-order valence-electron chi connectivity index (χ0n) is 8.30. The molecular formula is C11H11BrN2O. The molecular weight excluding hydrogens is 256 g/mol. The second kappa shape index (κ2) is 4.06. The van der Waals surface area contributed by atoms with Crippen molar-refractivity contribution < 1.29 is 4.79 Å². The number of hydrogen-bond acceptors (Lipinski definition) is 1. The summed E-state index contributed by atoms with van der Waals surface area (Å²) in [7, 11) is 0. The Bertz CT molecular complexity index is 504. The molecule has 4 heteroatoms. The van der Waals surface area contributed by atoms with E-state index in [1.165, 1.54) is 0 Å². The van der Waals surface area contributed by atoms with Crippen LogP contribution in [0.25, 0.3) is 10.9 Å². The quantitative estimate of drug-likeness (QED) is 0.861. The second-order valence-electron chi connectivity index (χ2n) is 3.29. The van der Waals surface area contributed by atoms with Gasteiger partial charge < -0.3 is 10.3 Å². The van der Waals surface area contributed by atoms with Gasteiger partial charge in [-0.3, -0.25) is 4.79 Å². The van der Waals surface area contributed by atoms with E-state index in [0.717, 1.165) is 21.1 Å². The molecule has 1 aromatic carbocycles. The Hall–Kier alpha value is -1.29. The van der Waals surface area contributed by atoms with Crippen molar-refractivity contribution in [2.24, 2.45) is 0 Å². The highest BCUT2D eigenvalue weighted by Crippen LogP contribution is 2.26. The molecule has 2 aromatic rings. The Balaban J connectivity index is 2.43. The van der Waals surface area contributed by atoms with E-state index in [4.69, 9.17) is 0 Å². The number of benzene rings is 1. The number of amides is 1. The molecule has 15 heavy (non-hydrogen) atoms. The van der Waals surface area contributed by atoms with Gasteiger partial charge in [0.1, 0.15) is 0 Å². The van der Waals surface area contributed by atoms with Crippen LogP contribution in [0.1, 0.15) is 13.3 Å². The van der Waals surface area contributed by atoms with Gasteiger partial charge in [0.25, 0.3) is 0 Å². The number of aromatic amines is 1. The number of carbonyl (C=O) groups excluding carboxylic acids is 1. The van der Waals surface area contributed by atoms with Crippen LogP contribution in [0.3, 0.4) is 0 Å². The summed E-state index contributed by atoms with van der Waals surface area (Å²) in [5.74, 6) is 0.0240. The number of H-pyrrole nitrogens is 1. The molecule has 0 aliphatic heterocycles. The van der Waals surface area contributed by atoms with Gasteiger partial charge in [-0.05, 0) is 18.2 Å². The van der Waals surface area contributed by atoms with E-state index >= 15 is 0 Å². The maximum atomic E-state index is 11.3.